The highest BCUT2D eigenvalue weighted by molar-refractivity contribution is 9.09. The SMILES string of the molecule is Cc1ccc(C(Br)c2cc(Cl)ccc2F)s1. The minimum Gasteiger partial charge on any atom is -0.207 e. The van der Waals surface area contributed by atoms with Gasteiger partial charge in [-0.2, -0.15) is 0 Å². The maximum absolute atomic E-state index is 13.6. The molecule has 1 aromatic heterocycles. The van der Waals surface area contributed by atoms with Crippen molar-refractivity contribution >= 4 is 38.9 Å². The first kappa shape index (κ1) is 12.1. The van der Waals surface area contributed by atoms with Crippen LogP contribution in [0.3, 0.4) is 0 Å². The van der Waals surface area contributed by atoms with Gasteiger partial charge < -0.3 is 0 Å². The summed E-state index contributed by atoms with van der Waals surface area (Å²) in [6, 6.07) is 8.63. The van der Waals surface area contributed by atoms with E-state index in [9.17, 15) is 4.39 Å². The fourth-order valence-electron chi connectivity index (χ4n) is 1.45. The van der Waals surface area contributed by atoms with Crippen molar-refractivity contribution in [1.29, 1.82) is 0 Å². The maximum Gasteiger partial charge on any atom is 0.128 e. The predicted molar refractivity (Wildman–Crippen MR) is 71.2 cm³/mol. The predicted octanol–water partition coefficient (Wildman–Crippen LogP) is 5.33. The Balaban J connectivity index is 2.40. The molecule has 0 aliphatic carbocycles. The van der Waals surface area contributed by atoms with Gasteiger partial charge >= 0.3 is 0 Å². The molecule has 1 atom stereocenters. The van der Waals surface area contributed by atoms with E-state index in [4.69, 9.17) is 11.6 Å². The molecule has 0 aliphatic rings. The van der Waals surface area contributed by atoms with Crippen LogP contribution in [0.25, 0.3) is 0 Å². The lowest BCUT2D eigenvalue weighted by Gasteiger charge is -2.09. The largest absolute Gasteiger partial charge is 0.207 e. The molecule has 1 unspecified atom stereocenters. The Morgan fingerprint density at radius 2 is 2.06 bits per heavy atom. The van der Waals surface area contributed by atoms with Crippen molar-refractivity contribution in [3.63, 3.8) is 0 Å². The second-order valence-corrected chi connectivity index (χ2v) is 6.15. The van der Waals surface area contributed by atoms with Crippen LogP contribution >= 0.6 is 38.9 Å². The lowest BCUT2D eigenvalue weighted by atomic mass is 10.1. The van der Waals surface area contributed by atoms with Crippen molar-refractivity contribution in [3.8, 4) is 0 Å². The lowest BCUT2D eigenvalue weighted by Crippen LogP contribution is -1.94. The molecule has 16 heavy (non-hydrogen) atoms. The molecular formula is C12H9BrClFS. The standard InChI is InChI=1S/C12H9BrClFS/c1-7-2-5-11(16-7)12(13)9-6-8(14)3-4-10(9)15/h2-6,12H,1H3. The van der Waals surface area contributed by atoms with Gasteiger partial charge in [0.05, 0.1) is 4.83 Å². The third-order valence-electron chi connectivity index (χ3n) is 2.24. The van der Waals surface area contributed by atoms with Crippen LogP contribution in [-0.2, 0) is 0 Å². The first-order valence-corrected chi connectivity index (χ1v) is 6.84. The molecular weight excluding hydrogens is 311 g/mol. The van der Waals surface area contributed by atoms with Gasteiger partial charge in [-0.25, -0.2) is 4.39 Å². The van der Waals surface area contributed by atoms with Crippen LogP contribution in [0.1, 0.15) is 20.1 Å². The van der Waals surface area contributed by atoms with Crippen molar-refractivity contribution in [3.05, 3.63) is 56.5 Å². The van der Waals surface area contributed by atoms with Gasteiger partial charge in [0.25, 0.3) is 0 Å². The van der Waals surface area contributed by atoms with Crippen molar-refractivity contribution in [2.45, 2.75) is 11.8 Å². The van der Waals surface area contributed by atoms with Crippen LogP contribution in [0.5, 0.6) is 0 Å². The summed E-state index contributed by atoms with van der Waals surface area (Å²) >= 11 is 11.0. The fourth-order valence-corrected chi connectivity index (χ4v) is 3.29. The van der Waals surface area contributed by atoms with Crippen LogP contribution in [0, 0.1) is 12.7 Å². The molecule has 2 rings (SSSR count). The zero-order chi connectivity index (χ0) is 11.7. The Kier molecular flexibility index (Phi) is 3.67. The summed E-state index contributed by atoms with van der Waals surface area (Å²) in [7, 11) is 0. The molecule has 0 amide bonds. The smallest absolute Gasteiger partial charge is 0.128 e. The van der Waals surface area contributed by atoms with Crippen molar-refractivity contribution < 1.29 is 4.39 Å². The zero-order valence-electron chi connectivity index (χ0n) is 8.51. The van der Waals surface area contributed by atoms with Crippen LogP contribution in [0.15, 0.2) is 30.3 Å². The van der Waals surface area contributed by atoms with Gasteiger partial charge in [-0.05, 0) is 37.3 Å². The quantitative estimate of drug-likeness (QED) is 0.656. The van der Waals surface area contributed by atoms with Gasteiger partial charge in [-0.15, -0.1) is 11.3 Å². The molecule has 4 heteroatoms. The number of hydrogen-bond acceptors (Lipinski definition) is 1. The Morgan fingerprint density at radius 1 is 1.31 bits per heavy atom. The van der Waals surface area contributed by atoms with Gasteiger partial charge in [0.2, 0.25) is 0 Å². The number of halogens is 3. The molecule has 0 N–H and O–H groups in total. The van der Waals surface area contributed by atoms with Crippen LogP contribution in [0.2, 0.25) is 5.02 Å². The summed E-state index contributed by atoms with van der Waals surface area (Å²) in [5.74, 6) is -0.239. The van der Waals surface area contributed by atoms with Gasteiger partial charge in [0.1, 0.15) is 5.82 Å². The van der Waals surface area contributed by atoms with E-state index in [1.807, 2.05) is 19.1 Å². The second-order valence-electron chi connectivity index (χ2n) is 3.48. The number of alkyl halides is 1. The molecule has 0 saturated heterocycles. The summed E-state index contributed by atoms with van der Waals surface area (Å²) in [5.41, 5.74) is 0.578. The normalized spacial score (nSPS) is 12.8. The van der Waals surface area contributed by atoms with Crippen LogP contribution < -0.4 is 0 Å². The molecule has 2 aromatic rings. The number of benzene rings is 1. The summed E-state index contributed by atoms with van der Waals surface area (Å²) in [5, 5.41) is 0.550. The zero-order valence-corrected chi connectivity index (χ0v) is 11.7. The molecule has 1 aromatic carbocycles. The Hall–Kier alpha value is -0.380. The highest BCUT2D eigenvalue weighted by Gasteiger charge is 2.16. The Morgan fingerprint density at radius 3 is 2.69 bits per heavy atom. The fraction of sp³-hybridized carbons (Fsp3) is 0.167. The van der Waals surface area contributed by atoms with E-state index in [1.165, 1.54) is 10.9 Å². The van der Waals surface area contributed by atoms with Gasteiger partial charge in [0.15, 0.2) is 0 Å². The number of aryl methyl sites for hydroxylation is 1. The van der Waals surface area contributed by atoms with Crippen molar-refractivity contribution in [1.82, 2.24) is 0 Å². The lowest BCUT2D eigenvalue weighted by molar-refractivity contribution is 0.614. The first-order chi connectivity index (χ1) is 7.58. The second kappa shape index (κ2) is 4.86. The topological polar surface area (TPSA) is 0 Å². The van der Waals surface area contributed by atoms with E-state index >= 15 is 0 Å². The average molecular weight is 320 g/mol. The Bertz CT molecular complexity index is 509. The van der Waals surface area contributed by atoms with Crippen LogP contribution in [0.4, 0.5) is 4.39 Å². The minimum atomic E-state index is -0.239. The Labute approximate surface area is 111 Å². The number of hydrogen-bond donors (Lipinski definition) is 0. The van der Waals surface area contributed by atoms with Crippen molar-refractivity contribution in [2.75, 3.05) is 0 Å². The van der Waals surface area contributed by atoms with E-state index in [1.54, 1.807) is 23.5 Å². The van der Waals surface area contributed by atoms with E-state index in [0.29, 0.717) is 10.6 Å². The summed E-state index contributed by atoms with van der Waals surface area (Å²) in [6.07, 6.45) is 0. The molecule has 0 radical (unpaired) electrons. The van der Waals surface area contributed by atoms with E-state index < -0.39 is 0 Å². The van der Waals surface area contributed by atoms with Gasteiger partial charge in [0, 0.05) is 20.3 Å². The molecule has 1 heterocycles. The molecule has 0 nitrogen and oxygen atoms in total. The van der Waals surface area contributed by atoms with E-state index in [-0.39, 0.29) is 10.6 Å². The van der Waals surface area contributed by atoms with Crippen molar-refractivity contribution in [2.24, 2.45) is 0 Å². The monoisotopic (exact) mass is 318 g/mol. The summed E-state index contributed by atoms with van der Waals surface area (Å²) < 4.78 is 13.6. The third kappa shape index (κ3) is 2.47. The summed E-state index contributed by atoms with van der Waals surface area (Å²) in [4.78, 5) is 2.16. The molecule has 0 saturated carbocycles. The summed E-state index contributed by atoms with van der Waals surface area (Å²) in [6.45, 7) is 2.03. The molecule has 0 spiro atoms. The number of thiophene rings is 1. The van der Waals surface area contributed by atoms with Gasteiger partial charge in [-0.1, -0.05) is 27.5 Å². The van der Waals surface area contributed by atoms with Crippen LogP contribution in [-0.4, -0.2) is 0 Å². The molecule has 84 valence electrons. The average Bonchev–Trinajstić information content (AvgIpc) is 2.67. The minimum absolute atomic E-state index is 0.134. The number of rotatable bonds is 2. The highest BCUT2D eigenvalue weighted by atomic mass is 79.9. The third-order valence-corrected chi connectivity index (χ3v) is 4.83. The highest BCUT2D eigenvalue weighted by Crippen LogP contribution is 2.37. The maximum atomic E-state index is 13.6. The van der Waals surface area contributed by atoms with E-state index in [2.05, 4.69) is 15.9 Å². The molecule has 0 aliphatic heterocycles. The first-order valence-electron chi connectivity index (χ1n) is 4.73. The van der Waals surface area contributed by atoms with E-state index in [0.717, 1.165) is 4.88 Å². The molecule has 0 fully saturated rings. The molecule has 0 bridgehead atoms. The van der Waals surface area contributed by atoms with Gasteiger partial charge in [-0.3, -0.25) is 0 Å².